The molecule has 0 aliphatic heterocycles. The number of aromatic nitrogens is 1. The van der Waals surface area contributed by atoms with Crippen LogP contribution in [-0.2, 0) is 10.0 Å². The molecule has 1 aromatic heterocycles. The molecule has 0 radical (unpaired) electrons. The highest BCUT2D eigenvalue weighted by Crippen LogP contribution is 2.19. The third-order valence-corrected chi connectivity index (χ3v) is 4.31. The minimum atomic E-state index is -3.45. The number of rotatable bonds is 6. The van der Waals surface area contributed by atoms with Gasteiger partial charge in [0.25, 0.3) is 0 Å². The maximum atomic E-state index is 12.1. The van der Waals surface area contributed by atoms with E-state index >= 15 is 0 Å². The summed E-state index contributed by atoms with van der Waals surface area (Å²) in [7, 11) is -3.45. The van der Waals surface area contributed by atoms with Crippen LogP contribution in [0.5, 0.6) is 0 Å². The van der Waals surface area contributed by atoms with Gasteiger partial charge in [0.15, 0.2) is 11.5 Å². The van der Waals surface area contributed by atoms with Gasteiger partial charge in [-0.2, -0.15) is 0 Å². The molecule has 0 bridgehead atoms. The fraction of sp³-hybridized carbons (Fsp3) is 0.462. The lowest BCUT2D eigenvalue weighted by Gasteiger charge is -2.05. The van der Waals surface area contributed by atoms with Crippen LogP contribution < -0.4 is 4.72 Å². The number of nitrogens with one attached hydrogen (secondary N) is 1. The van der Waals surface area contributed by atoms with Gasteiger partial charge in [-0.25, -0.2) is 18.1 Å². The number of nitrogens with zero attached hydrogens (tertiary/aromatic N) is 1. The maximum absolute atomic E-state index is 12.1. The van der Waals surface area contributed by atoms with Gasteiger partial charge in [-0.15, -0.1) is 0 Å². The number of hydrogen-bond acceptors (Lipinski definition) is 4. The standard InChI is InChI=1S/C13H18N2O3S/c1-3-4-5-8-14-19(16,17)11-6-7-13-12(9-11)15-10(2)18-13/h6-7,9,14H,3-5,8H2,1-2H3. The maximum Gasteiger partial charge on any atom is 0.240 e. The zero-order valence-corrected chi connectivity index (χ0v) is 12.0. The van der Waals surface area contributed by atoms with Gasteiger partial charge in [-0.3, -0.25) is 0 Å². The molecule has 0 saturated heterocycles. The minimum absolute atomic E-state index is 0.227. The molecule has 1 N–H and O–H groups in total. The minimum Gasteiger partial charge on any atom is -0.441 e. The Bertz CT molecular complexity index is 662. The number of benzene rings is 1. The predicted octanol–water partition coefficient (Wildman–Crippen LogP) is 2.60. The van der Waals surface area contributed by atoms with Crippen molar-refractivity contribution in [3.63, 3.8) is 0 Å². The molecule has 19 heavy (non-hydrogen) atoms. The van der Waals surface area contributed by atoms with Crippen LogP contribution in [0.15, 0.2) is 27.5 Å². The van der Waals surface area contributed by atoms with Gasteiger partial charge in [-0.05, 0) is 24.6 Å². The van der Waals surface area contributed by atoms with Crippen LogP contribution in [0.4, 0.5) is 0 Å². The zero-order valence-electron chi connectivity index (χ0n) is 11.1. The first kappa shape index (κ1) is 14.0. The largest absolute Gasteiger partial charge is 0.441 e. The van der Waals surface area contributed by atoms with Gasteiger partial charge in [0.2, 0.25) is 10.0 Å². The average molecular weight is 282 g/mol. The lowest BCUT2D eigenvalue weighted by atomic mass is 10.3. The fourth-order valence-electron chi connectivity index (χ4n) is 1.85. The predicted molar refractivity (Wildman–Crippen MR) is 73.5 cm³/mol. The Labute approximate surface area is 113 Å². The smallest absolute Gasteiger partial charge is 0.240 e. The van der Waals surface area contributed by atoms with Crippen LogP contribution in [0.25, 0.3) is 11.1 Å². The Balaban J connectivity index is 2.17. The number of oxazole rings is 1. The van der Waals surface area contributed by atoms with Crippen LogP contribution in [0, 0.1) is 6.92 Å². The summed E-state index contributed by atoms with van der Waals surface area (Å²) in [5.41, 5.74) is 1.16. The highest BCUT2D eigenvalue weighted by molar-refractivity contribution is 7.89. The van der Waals surface area contributed by atoms with Crippen LogP contribution in [0.1, 0.15) is 32.1 Å². The molecular weight excluding hydrogens is 264 g/mol. The van der Waals surface area contributed by atoms with Crippen LogP contribution >= 0.6 is 0 Å². The van der Waals surface area contributed by atoms with E-state index < -0.39 is 10.0 Å². The van der Waals surface area contributed by atoms with Crippen molar-refractivity contribution in [2.45, 2.75) is 38.0 Å². The number of sulfonamides is 1. The number of fused-ring (bicyclic) bond motifs is 1. The summed E-state index contributed by atoms with van der Waals surface area (Å²) in [6.07, 6.45) is 2.93. The monoisotopic (exact) mass is 282 g/mol. The molecule has 0 unspecified atom stereocenters. The van der Waals surface area contributed by atoms with Gasteiger partial charge in [-0.1, -0.05) is 19.8 Å². The Kier molecular flexibility index (Phi) is 4.21. The zero-order chi connectivity index (χ0) is 13.9. The molecular formula is C13H18N2O3S. The van der Waals surface area contributed by atoms with Crippen molar-refractivity contribution in [3.8, 4) is 0 Å². The number of unbranched alkanes of at least 4 members (excludes halogenated alkanes) is 2. The molecule has 0 spiro atoms. The summed E-state index contributed by atoms with van der Waals surface area (Å²) in [4.78, 5) is 4.36. The number of hydrogen-bond donors (Lipinski definition) is 1. The Morgan fingerprint density at radius 1 is 1.32 bits per heavy atom. The summed E-state index contributed by atoms with van der Waals surface area (Å²) in [6.45, 7) is 4.28. The van der Waals surface area contributed by atoms with Gasteiger partial charge in [0, 0.05) is 13.5 Å². The van der Waals surface area contributed by atoms with E-state index in [2.05, 4.69) is 16.6 Å². The first-order valence-electron chi connectivity index (χ1n) is 6.40. The molecule has 104 valence electrons. The van der Waals surface area contributed by atoms with E-state index in [9.17, 15) is 8.42 Å². The molecule has 1 aromatic carbocycles. The van der Waals surface area contributed by atoms with Crippen molar-refractivity contribution in [2.24, 2.45) is 0 Å². The lowest BCUT2D eigenvalue weighted by Crippen LogP contribution is -2.24. The summed E-state index contributed by atoms with van der Waals surface area (Å²) < 4.78 is 32.1. The quantitative estimate of drug-likeness (QED) is 0.827. The van der Waals surface area contributed by atoms with E-state index in [1.807, 2.05) is 0 Å². The van der Waals surface area contributed by atoms with E-state index in [1.54, 1.807) is 13.0 Å². The molecule has 2 aromatic rings. The van der Waals surface area contributed by atoms with Crippen molar-refractivity contribution in [2.75, 3.05) is 6.54 Å². The van der Waals surface area contributed by atoms with Crippen molar-refractivity contribution in [3.05, 3.63) is 24.1 Å². The van der Waals surface area contributed by atoms with E-state index in [4.69, 9.17) is 4.42 Å². The molecule has 2 rings (SSSR count). The Morgan fingerprint density at radius 3 is 2.84 bits per heavy atom. The third kappa shape index (κ3) is 3.33. The Hall–Kier alpha value is -1.40. The van der Waals surface area contributed by atoms with E-state index in [0.29, 0.717) is 23.5 Å². The first-order chi connectivity index (χ1) is 9.03. The second-order valence-corrected chi connectivity index (χ2v) is 6.23. The molecule has 5 nitrogen and oxygen atoms in total. The van der Waals surface area contributed by atoms with E-state index in [0.717, 1.165) is 19.3 Å². The van der Waals surface area contributed by atoms with Gasteiger partial charge in [0.05, 0.1) is 4.90 Å². The first-order valence-corrected chi connectivity index (χ1v) is 7.88. The van der Waals surface area contributed by atoms with Crippen molar-refractivity contribution < 1.29 is 12.8 Å². The second kappa shape index (κ2) is 5.71. The Morgan fingerprint density at radius 2 is 2.11 bits per heavy atom. The highest BCUT2D eigenvalue weighted by atomic mass is 32.2. The topological polar surface area (TPSA) is 72.2 Å². The molecule has 0 aliphatic carbocycles. The fourth-order valence-corrected chi connectivity index (χ4v) is 2.95. The summed E-state index contributed by atoms with van der Waals surface area (Å²) in [5.74, 6) is 0.528. The highest BCUT2D eigenvalue weighted by Gasteiger charge is 2.15. The molecule has 0 saturated carbocycles. The molecule has 0 amide bonds. The van der Waals surface area contributed by atoms with E-state index in [1.165, 1.54) is 12.1 Å². The summed E-state index contributed by atoms with van der Waals surface area (Å²) in [6, 6.07) is 4.71. The normalized spacial score (nSPS) is 12.1. The van der Waals surface area contributed by atoms with Crippen LogP contribution in [0.2, 0.25) is 0 Å². The molecule has 0 atom stereocenters. The van der Waals surface area contributed by atoms with E-state index in [-0.39, 0.29) is 4.90 Å². The van der Waals surface area contributed by atoms with Crippen molar-refractivity contribution in [1.29, 1.82) is 0 Å². The molecule has 0 fully saturated rings. The van der Waals surface area contributed by atoms with Crippen LogP contribution in [0.3, 0.4) is 0 Å². The van der Waals surface area contributed by atoms with Crippen molar-refractivity contribution >= 4 is 21.1 Å². The van der Waals surface area contributed by atoms with Crippen LogP contribution in [-0.4, -0.2) is 19.9 Å². The van der Waals surface area contributed by atoms with Crippen molar-refractivity contribution in [1.82, 2.24) is 9.71 Å². The average Bonchev–Trinajstić information content (AvgIpc) is 2.73. The lowest BCUT2D eigenvalue weighted by molar-refractivity contribution is 0.561. The summed E-state index contributed by atoms with van der Waals surface area (Å²) in [5, 5.41) is 0. The molecule has 1 heterocycles. The second-order valence-electron chi connectivity index (χ2n) is 4.47. The van der Waals surface area contributed by atoms with Gasteiger partial charge < -0.3 is 4.42 Å². The molecule has 0 aliphatic rings. The summed E-state index contributed by atoms with van der Waals surface area (Å²) >= 11 is 0. The number of aryl methyl sites for hydroxylation is 1. The SMILES string of the molecule is CCCCCNS(=O)(=O)c1ccc2oc(C)nc2c1. The third-order valence-electron chi connectivity index (χ3n) is 2.85. The van der Waals surface area contributed by atoms with Gasteiger partial charge >= 0.3 is 0 Å². The van der Waals surface area contributed by atoms with Gasteiger partial charge in [0.1, 0.15) is 5.52 Å². The molecule has 6 heteroatoms.